The van der Waals surface area contributed by atoms with Gasteiger partial charge in [-0.1, -0.05) is 62.4 Å². The Kier molecular flexibility index (Phi) is 5.54. The number of para-hydroxylation sites is 1. The van der Waals surface area contributed by atoms with Crippen molar-refractivity contribution in [1.29, 1.82) is 0 Å². The predicted octanol–water partition coefficient (Wildman–Crippen LogP) is 3.36. The van der Waals surface area contributed by atoms with Crippen molar-refractivity contribution in [2.45, 2.75) is 26.6 Å². The summed E-state index contributed by atoms with van der Waals surface area (Å²) in [6, 6.07) is 17.0. The van der Waals surface area contributed by atoms with Gasteiger partial charge in [-0.25, -0.2) is 4.79 Å². The van der Waals surface area contributed by atoms with Crippen LogP contribution in [0.15, 0.2) is 59.6 Å². The largest absolute Gasteiger partial charge is 0.445 e. The maximum atomic E-state index is 12.8. The van der Waals surface area contributed by atoms with Gasteiger partial charge in [0.15, 0.2) is 0 Å². The van der Waals surface area contributed by atoms with E-state index in [0.717, 1.165) is 22.5 Å². The van der Waals surface area contributed by atoms with E-state index in [0.29, 0.717) is 0 Å². The molecule has 140 valence electrons. The number of likely N-dealkylation sites (N-methyl/N-ethyl adjacent to an activating group) is 1. The number of amides is 2. The molecule has 1 heterocycles. The number of hydrogen-bond acceptors (Lipinski definition) is 4. The normalized spacial score (nSPS) is 16.4. The number of nitrogens with zero attached hydrogens (tertiary/aromatic N) is 2. The van der Waals surface area contributed by atoms with E-state index < -0.39 is 12.3 Å². The number of fused-ring (bicyclic) bond motifs is 1. The highest BCUT2D eigenvalue weighted by molar-refractivity contribution is 6.13. The smallest absolute Gasteiger partial charge is 0.409 e. The third-order valence-corrected chi connectivity index (χ3v) is 4.39. The van der Waals surface area contributed by atoms with Gasteiger partial charge in [0.05, 0.1) is 5.69 Å². The topological polar surface area (TPSA) is 71.0 Å². The van der Waals surface area contributed by atoms with Gasteiger partial charge in [0.1, 0.15) is 6.61 Å². The van der Waals surface area contributed by atoms with E-state index >= 15 is 0 Å². The molecule has 0 saturated heterocycles. The number of benzodiazepines with no additional fused rings is 1. The number of nitrogens with one attached hydrogen (secondary N) is 1. The van der Waals surface area contributed by atoms with Gasteiger partial charge in [0.25, 0.3) is 5.91 Å². The van der Waals surface area contributed by atoms with E-state index in [-0.39, 0.29) is 18.4 Å². The van der Waals surface area contributed by atoms with Gasteiger partial charge in [-0.15, -0.1) is 0 Å². The average Bonchev–Trinajstić information content (AvgIpc) is 2.78. The van der Waals surface area contributed by atoms with E-state index in [1.807, 2.05) is 68.4 Å². The molecule has 0 spiro atoms. The molecule has 3 rings (SSSR count). The molecule has 0 fully saturated rings. The molecule has 1 aliphatic rings. The molecule has 6 nitrogen and oxygen atoms in total. The molecule has 2 aromatic carbocycles. The summed E-state index contributed by atoms with van der Waals surface area (Å²) in [5, 5.41) is 2.59. The molecule has 2 aromatic rings. The van der Waals surface area contributed by atoms with Crippen molar-refractivity contribution in [2.75, 3.05) is 11.9 Å². The number of benzene rings is 2. The van der Waals surface area contributed by atoms with E-state index in [1.165, 1.54) is 4.90 Å². The van der Waals surface area contributed by atoms with E-state index in [2.05, 4.69) is 10.3 Å². The number of carbonyl (C=O) groups excluding carboxylic acids is 2. The second kappa shape index (κ2) is 8.03. The third-order valence-electron chi connectivity index (χ3n) is 4.39. The number of aliphatic imine (C=N–C) groups is 1. The summed E-state index contributed by atoms with van der Waals surface area (Å²) in [5.74, 6) is -0.218. The number of alkyl carbamates (subject to hydrolysis) is 1. The van der Waals surface area contributed by atoms with Gasteiger partial charge in [0.2, 0.25) is 6.17 Å². The van der Waals surface area contributed by atoms with Gasteiger partial charge >= 0.3 is 6.09 Å². The fraction of sp³-hybridized carbons (Fsp3) is 0.286. The van der Waals surface area contributed by atoms with Gasteiger partial charge in [-0.05, 0) is 17.5 Å². The van der Waals surface area contributed by atoms with E-state index in [4.69, 9.17) is 4.74 Å². The van der Waals surface area contributed by atoms with Crippen molar-refractivity contribution in [2.24, 2.45) is 10.9 Å². The molecule has 2 amide bonds. The highest BCUT2D eigenvalue weighted by atomic mass is 16.5. The monoisotopic (exact) mass is 365 g/mol. The minimum Gasteiger partial charge on any atom is -0.445 e. The van der Waals surface area contributed by atoms with E-state index in [1.54, 1.807) is 7.05 Å². The Hall–Kier alpha value is -3.15. The fourth-order valence-electron chi connectivity index (χ4n) is 2.98. The lowest BCUT2D eigenvalue weighted by Gasteiger charge is -2.20. The zero-order valence-electron chi connectivity index (χ0n) is 15.7. The van der Waals surface area contributed by atoms with Crippen molar-refractivity contribution in [3.63, 3.8) is 0 Å². The number of carbonyl (C=O) groups is 2. The lowest BCUT2D eigenvalue weighted by molar-refractivity contribution is -0.120. The standard InChI is InChI=1S/C21H23N3O3/c1-14(2)18-16-11-7-8-12-17(16)24(3)20(25)19(22-18)23-21(26)27-13-15-9-5-4-6-10-15/h4-12,14,19H,13H2,1-3H3,(H,23,26). The lowest BCUT2D eigenvalue weighted by atomic mass is 9.98. The Morgan fingerprint density at radius 3 is 2.52 bits per heavy atom. The molecule has 0 saturated carbocycles. The summed E-state index contributed by atoms with van der Waals surface area (Å²) in [6.07, 6.45) is -1.70. The first kappa shape index (κ1) is 18.6. The quantitative estimate of drug-likeness (QED) is 0.903. The van der Waals surface area contributed by atoms with Gasteiger partial charge in [-0.2, -0.15) is 0 Å². The average molecular weight is 365 g/mol. The van der Waals surface area contributed by atoms with Gasteiger partial charge in [-0.3, -0.25) is 15.1 Å². The molecular weight excluding hydrogens is 342 g/mol. The SMILES string of the molecule is CC(C)C1=NC(NC(=O)OCc2ccccc2)C(=O)N(C)c2ccccc21. The number of hydrogen-bond donors (Lipinski definition) is 1. The van der Waals surface area contributed by atoms with Crippen LogP contribution in [0, 0.1) is 5.92 Å². The first-order valence-corrected chi connectivity index (χ1v) is 8.89. The predicted molar refractivity (Wildman–Crippen MR) is 105 cm³/mol. The zero-order valence-corrected chi connectivity index (χ0v) is 15.7. The summed E-state index contributed by atoms with van der Waals surface area (Å²) in [6.45, 7) is 4.15. The molecule has 0 bridgehead atoms. The summed E-state index contributed by atoms with van der Waals surface area (Å²) < 4.78 is 5.24. The Bertz CT molecular complexity index is 862. The van der Waals surface area contributed by atoms with Crippen molar-refractivity contribution in [3.8, 4) is 0 Å². The molecule has 0 radical (unpaired) electrons. The molecule has 1 N–H and O–H groups in total. The molecule has 6 heteroatoms. The molecule has 1 atom stereocenters. The Balaban J connectivity index is 1.79. The zero-order chi connectivity index (χ0) is 19.4. The Morgan fingerprint density at radius 1 is 1.15 bits per heavy atom. The lowest BCUT2D eigenvalue weighted by Crippen LogP contribution is -2.46. The summed E-state index contributed by atoms with van der Waals surface area (Å²) in [4.78, 5) is 31.1. The second-order valence-corrected chi connectivity index (χ2v) is 6.69. The van der Waals surface area contributed by atoms with Gasteiger partial charge < -0.3 is 9.64 Å². The minimum absolute atomic E-state index is 0.0927. The number of rotatable bonds is 4. The molecule has 0 aromatic heterocycles. The maximum Gasteiger partial charge on any atom is 0.409 e. The van der Waals surface area contributed by atoms with Crippen LogP contribution < -0.4 is 10.2 Å². The Morgan fingerprint density at radius 2 is 1.81 bits per heavy atom. The molecule has 0 aliphatic carbocycles. The van der Waals surface area contributed by atoms with Crippen LogP contribution in [0.4, 0.5) is 10.5 Å². The highest BCUT2D eigenvalue weighted by Crippen LogP contribution is 2.26. The summed E-state index contributed by atoms with van der Waals surface area (Å²) in [5.41, 5.74) is 3.31. The minimum atomic E-state index is -1.02. The Labute approximate surface area is 158 Å². The maximum absolute atomic E-state index is 12.8. The van der Waals surface area contributed by atoms with Crippen LogP contribution in [0.25, 0.3) is 0 Å². The van der Waals surface area contributed by atoms with Crippen LogP contribution in [-0.2, 0) is 16.1 Å². The van der Waals surface area contributed by atoms with Crippen molar-refractivity contribution >= 4 is 23.4 Å². The summed E-state index contributed by atoms with van der Waals surface area (Å²) >= 11 is 0. The second-order valence-electron chi connectivity index (χ2n) is 6.69. The summed E-state index contributed by atoms with van der Waals surface area (Å²) in [7, 11) is 1.68. The molecule has 27 heavy (non-hydrogen) atoms. The first-order chi connectivity index (χ1) is 13.0. The first-order valence-electron chi connectivity index (χ1n) is 8.89. The number of anilines is 1. The fourth-order valence-corrected chi connectivity index (χ4v) is 2.98. The number of ether oxygens (including phenoxy) is 1. The van der Waals surface area contributed by atoms with Crippen LogP contribution in [0.1, 0.15) is 25.0 Å². The molecule has 1 unspecified atom stereocenters. The van der Waals surface area contributed by atoms with Crippen LogP contribution in [-0.4, -0.2) is 30.9 Å². The molecular formula is C21H23N3O3. The van der Waals surface area contributed by atoms with Crippen LogP contribution >= 0.6 is 0 Å². The van der Waals surface area contributed by atoms with Crippen LogP contribution in [0.5, 0.6) is 0 Å². The van der Waals surface area contributed by atoms with Crippen LogP contribution in [0.3, 0.4) is 0 Å². The van der Waals surface area contributed by atoms with Crippen LogP contribution in [0.2, 0.25) is 0 Å². The highest BCUT2D eigenvalue weighted by Gasteiger charge is 2.31. The van der Waals surface area contributed by atoms with Gasteiger partial charge in [0, 0.05) is 18.3 Å². The van der Waals surface area contributed by atoms with Crippen molar-refractivity contribution in [1.82, 2.24) is 5.32 Å². The van der Waals surface area contributed by atoms with Crippen molar-refractivity contribution < 1.29 is 14.3 Å². The van der Waals surface area contributed by atoms with E-state index in [9.17, 15) is 9.59 Å². The van der Waals surface area contributed by atoms with Crippen molar-refractivity contribution in [3.05, 3.63) is 65.7 Å². The third kappa shape index (κ3) is 4.16. The molecule has 1 aliphatic heterocycles.